The molecule has 0 amide bonds. The predicted molar refractivity (Wildman–Crippen MR) is 73.3 cm³/mol. The van der Waals surface area contributed by atoms with Gasteiger partial charge in [-0.2, -0.15) is 13.2 Å². The Morgan fingerprint density at radius 3 is 2.41 bits per heavy atom. The summed E-state index contributed by atoms with van der Waals surface area (Å²) in [5.74, 6) is -0.472. The molecule has 1 aliphatic carbocycles. The summed E-state index contributed by atoms with van der Waals surface area (Å²) >= 11 is 0. The van der Waals surface area contributed by atoms with Gasteiger partial charge in [-0.15, -0.1) is 0 Å². The molecule has 1 saturated heterocycles. The van der Waals surface area contributed by atoms with Crippen LogP contribution < -0.4 is 5.32 Å². The number of hydrogen-bond donors (Lipinski definition) is 2. The molecule has 0 bridgehead atoms. The minimum Gasteiger partial charge on any atom is -0.316 e. The first kappa shape index (κ1) is 15.7. The van der Waals surface area contributed by atoms with Crippen LogP contribution in [0.25, 0.3) is 0 Å². The van der Waals surface area contributed by atoms with Gasteiger partial charge in [-0.25, -0.2) is 13.4 Å². The summed E-state index contributed by atoms with van der Waals surface area (Å²) in [6.07, 6.45) is 2.47. The zero-order valence-corrected chi connectivity index (χ0v) is 12.5. The molecule has 1 unspecified atom stereocenters. The minimum atomic E-state index is -5.20. The molecule has 2 N–H and O–H groups in total. The van der Waals surface area contributed by atoms with Crippen LogP contribution in [-0.2, 0) is 16.1 Å². The Bertz CT molecular complexity index is 687. The number of rotatable bonds is 3. The lowest BCUT2D eigenvalue weighted by Crippen LogP contribution is -2.60. The summed E-state index contributed by atoms with van der Waals surface area (Å²) in [7, 11) is -5.00. The van der Waals surface area contributed by atoms with E-state index in [4.69, 9.17) is 4.78 Å². The first-order chi connectivity index (χ1) is 10.1. The third kappa shape index (κ3) is 2.52. The maximum atomic E-state index is 14.0. The van der Waals surface area contributed by atoms with E-state index in [0.29, 0.717) is 29.4 Å². The second-order valence-corrected chi connectivity index (χ2v) is 8.38. The zero-order valence-electron chi connectivity index (χ0n) is 11.7. The summed E-state index contributed by atoms with van der Waals surface area (Å²) in [6.45, 7) is 1.97. The molecule has 1 aromatic carbocycles. The van der Waals surface area contributed by atoms with E-state index in [0.717, 1.165) is 32.0 Å². The van der Waals surface area contributed by atoms with Crippen LogP contribution in [0.15, 0.2) is 23.1 Å². The van der Waals surface area contributed by atoms with Gasteiger partial charge in [0.05, 0.1) is 4.90 Å². The number of hydrogen-bond acceptors (Lipinski definition) is 3. The Hall–Kier alpha value is -1.15. The van der Waals surface area contributed by atoms with Gasteiger partial charge < -0.3 is 5.32 Å². The van der Waals surface area contributed by atoms with Gasteiger partial charge in [0.2, 0.25) is 0 Å². The summed E-state index contributed by atoms with van der Waals surface area (Å²) in [6, 6.07) is 2.78. The molecule has 22 heavy (non-hydrogen) atoms. The lowest BCUT2D eigenvalue weighted by atomic mass is 9.57. The summed E-state index contributed by atoms with van der Waals surface area (Å²) in [4.78, 5) is -0.825. The lowest BCUT2D eigenvalue weighted by Gasteiger charge is -2.54. The highest BCUT2D eigenvalue weighted by molar-refractivity contribution is 7.93. The van der Waals surface area contributed by atoms with Crippen LogP contribution in [0.1, 0.15) is 18.4 Å². The molecule has 122 valence electrons. The Morgan fingerprint density at radius 2 is 1.95 bits per heavy atom. The van der Waals surface area contributed by atoms with E-state index in [1.807, 2.05) is 0 Å². The Balaban J connectivity index is 1.73. The van der Waals surface area contributed by atoms with Crippen LogP contribution in [0.2, 0.25) is 0 Å². The Morgan fingerprint density at radius 1 is 1.32 bits per heavy atom. The first-order valence-corrected chi connectivity index (χ1v) is 8.53. The van der Waals surface area contributed by atoms with Crippen molar-refractivity contribution in [3.8, 4) is 0 Å². The van der Waals surface area contributed by atoms with Crippen LogP contribution >= 0.6 is 0 Å². The van der Waals surface area contributed by atoms with Crippen molar-refractivity contribution in [2.45, 2.75) is 29.7 Å². The fourth-order valence-electron chi connectivity index (χ4n) is 3.39. The Kier molecular flexibility index (Phi) is 3.52. The molecule has 1 aliphatic heterocycles. The minimum absolute atomic E-state index is 0.327. The SMILES string of the molecule is N=S(=O)(c1ccc(CC2CC3(CNC3)C2)c(F)c1)C(F)(F)F. The summed E-state index contributed by atoms with van der Waals surface area (Å²) in [5, 5.41) is 3.20. The van der Waals surface area contributed by atoms with Gasteiger partial charge in [-0.05, 0) is 48.3 Å². The van der Waals surface area contributed by atoms with Gasteiger partial charge in [0, 0.05) is 13.1 Å². The highest BCUT2D eigenvalue weighted by Crippen LogP contribution is 2.49. The van der Waals surface area contributed by atoms with Crippen LogP contribution in [-0.4, -0.2) is 22.8 Å². The first-order valence-electron chi connectivity index (χ1n) is 6.97. The van der Waals surface area contributed by atoms with Crippen molar-refractivity contribution < 1.29 is 21.8 Å². The highest BCUT2D eigenvalue weighted by atomic mass is 32.2. The van der Waals surface area contributed by atoms with Crippen molar-refractivity contribution >= 4 is 9.73 Å². The number of halogens is 4. The largest absolute Gasteiger partial charge is 0.483 e. The third-order valence-electron chi connectivity index (χ3n) is 4.63. The molecule has 1 spiro atoms. The maximum absolute atomic E-state index is 14.0. The van der Waals surface area contributed by atoms with Gasteiger partial charge in [-0.3, -0.25) is 0 Å². The van der Waals surface area contributed by atoms with Crippen molar-refractivity contribution in [3.63, 3.8) is 0 Å². The molecule has 1 atom stereocenters. The van der Waals surface area contributed by atoms with E-state index < -0.39 is 26.0 Å². The van der Waals surface area contributed by atoms with Crippen molar-refractivity contribution in [3.05, 3.63) is 29.6 Å². The summed E-state index contributed by atoms with van der Waals surface area (Å²) < 4.78 is 70.1. The van der Waals surface area contributed by atoms with E-state index >= 15 is 0 Å². The van der Waals surface area contributed by atoms with Crippen LogP contribution in [0.5, 0.6) is 0 Å². The van der Waals surface area contributed by atoms with Crippen LogP contribution in [0.3, 0.4) is 0 Å². The number of nitrogens with one attached hydrogen (secondary N) is 2. The fraction of sp³-hybridized carbons (Fsp3) is 0.571. The molecule has 8 heteroatoms. The topological polar surface area (TPSA) is 53.0 Å². The number of benzene rings is 1. The van der Waals surface area contributed by atoms with Crippen molar-refractivity contribution in [1.82, 2.24) is 5.32 Å². The second-order valence-electron chi connectivity index (χ2n) is 6.34. The Labute approximate surface area is 126 Å². The molecule has 1 saturated carbocycles. The zero-order chi connectivity index (χ0) is 16.2. The van der Waals surface area contributed by atoms with Crippen molar-refractivity contribution in [2.24, 2.45) is 11.3 Å². The highest BCUT2D eigenvalue weighted by Gasteiger charge is 2.48. The summed E-state index contributed by atoms with van der Waals surface area (Å²) in [5.41, 5.74) is -4.51. The van der Waals surface area contributed by atoms with E-state index in [9.17, 15) is 21.8 Å². The van der Waals surface area contributed by atoms with E-state index in [1.165, 1.54) is 6.07 Å². The quantitative estimate of drug-likeness (QED) is 0.832. The van der Waals surface area contributed by atoms with E-state index in [2.05, 4.69) is 5.32 Å². The van der Waals surface area contributed by atoms with Crippen LogP contribution in [0.4, 0.5) is 17.6 Å². The molecule has 3 rings (SSSR count). The second kappa shape index (κ2) is 4.92. The van der Waals surface area contributed by atoms with Crippen LogP contribution in [0, 0.1) is 21.9 Å². The molecular weight excluding hydrogens is 320 g/mol. The lowest BCUT2D eigenvalue weighted by molar-refractivity contribution is -0.0406. The average molecular weight is 336 g/mol. The molecule has 0 aromatic heterocycles. The molecule has 3 nitrogen and oxygen atoms in total. The van der Waals surface area contributed by atoms with Gasteiger partial charge in [0.1, 0.15) is 5.82 Å². The molecular formula is C14H16F4N2OS. The van der Waals surface area contributed by atoms with Crippen molar-refractivity contribution in [2.75, 3.05) is 13.1 Å². The smallest absolute Gasteiger partial charge is 0.316 e. The monoisotopic (exact) mass is 336 g/mol. The molecule has 1 heterocycles. The average Bonchev–Trinajstić information content (AvgIpc) is 2.30. The van der Waals surface area contributed by atoms with Gasteiger partial charge in [0.25, 0.3) is 0 Å². The van der Waals surface area contributed by atoms with E-state index in [1.54, 1.807) is 0 Å². The molecule has 0 radical (unpaired) electrons. The fourth-order valence-corrected chi connectivity index (χ4v) is 4.19. The van der Waals surface area contributed by atoms with Gasteiger partial charge in [-0.1, -0.05) is 6.07 Å². The maximum Gasteiger partial charge on any atom is 0.483 e. The predicted octanol–water partition coefficient (Wildman–Crippen LogP) is 3.29. The van der Waals surface area contributed by atoms with Gasteiger partial charge >= 0.3 is 5.51 Å². The molecule has 2 fully saturated rings. The van der Waals surface area contributed by atoms with Crippen molar-refractivity contribution in [1.29, 1.82) is 4.78 Å². The third-order valence-corrected chi connectivity index (χ3v) is 6.20. The number of alkyl halides is 3. The standard InChI is InChI=1S/C14H16F4N2OS/c15-12-4-11(22(19,21)14(16,17)18)2-1-10(12)3-9-5-13(6-9)7-20-8-13/h1-2,4,9,19-20H,3,5-8H2. The normalized spacial score (nSPS) is 23.6. The van der Waals surface area contributed by atoms with Gasteiger partial charge in [0.15, 0.2) is 9.73 Å². The molecule has 2 aliphatic rings. The molecule has 1 aromatic rings. The van der Waals surface area contributed by atoms with E-state index in [-0.39, 0.29) is 0 Å².